The first-order valence-electron chi connectivity index (χ1n) is 12.0. The number of hydrogen-bond donors (Lipinski definition) is 2. The van der Waals surface area contributed by atoms with E-state index in [4.69, 9.17) is 0 Å². The van der Waals surface area contributed by atoms with Gasteiger partial charge >= 0.3 is 6.18 Å². The van der Waals surface area contributed by atoms with Crippen LogP contribution in [-0.4, -0.2) is 73.3 Å². The molecular formula is C26H24F4N4O5S. The average molecular weight is 581 g/mol. The van der Waals surface area contributed by atoms with Crippen molar-refractivity contribution in [3.8, 4) is 16.9 Å². The van der Waals surface area contributed by atoms with Gasteiger partial charge in [0, 0.05) is 60.3 Å². The van der Waals surface area contributed by atoms with Crippen LogP contribution in [-0.2, 0) is 10.0 Å². The highest BCUT2D eigenvalue weighted by Gasteiger charge is 2.30. The van der Waals surface area contributed by atoms with Crippen LogP contribution in [0.5, 0.6) is 5.75 Å². The molecule has 0 atom stereocenters. The van der Waals surface area contributed by atoms with E-state index in [0.29, 0.717) is 37.4 Å². The van der Waals surface area contributed by atoms with Gasteiger partial charge in [-0.25, -0.2) is 17.5 Å². The zero-order chi connectivity index (χ0) is 29.1. The number of carbonyl (C=O) groups is 2. The van der Waals surface area contributed by atoms with Crippen molar-refractivity contribution in [2.24, 2.45) is 0 Å². The first kappa shape index (κ1) is 28.8. The van der Waals surface area contributed by atoms with Crippen molar-refractivity contribution in [2.75, 3.05) is 36.8 Å². The van der Waals surface area contributed by atoms with Gasteiger partial charge in [0.2, 0.25) is 10.0 Å². The third kappa shape index (κ3) is 7.25. The van der Waals surface area contributed by atoms with Gasteiger partial charge in [-0.05, 0) is 42.5 Å². The van der Waals surface area contributed by atoms with Gasteiger partial charge < -0.3 is 14.9 Å². The summed E-state index contributed by atoms with van der Waals surface area (Å²) in [4.78, 5) is 32.5. The Morgan fingerprint density at radius 2 is 1.60 bits per heavy atom. The predicted octanol–water partition coefficient (Wildman–Crippen LogP) is 3.57. The van der Waals surface area contributed by atoms with Crippen LogP contribution in [0.15, 0.2) is 60.9 Å². The Balaban J connectivity index is 1.33. The van der Waals surface area contributed by atoms with E-state index in [1.165, 1.54) is 42.7 Å². The second-order valence-electron chi connectivity index (χ2n) is 9.07. The molecule has 0 spiro atoms. The van der Waals surface area contributed by atoms with Gasteiger partial charge in [-0.1, -0.05) is 6.07 Å². The van der Waals surface area contributed by atoms with Crippen LogP contribution in [0.4, 0.5) is 23.2 Å². The van der Waals surface area contributed by atoms with Crippen LogP contribution in [0.3, 0.4) is 0 Å². The van der Waals surface area contributed by atoms with Gasteiger partial charge in [-0.15, -0.1) is 0 Å². The molecule has 4 rings (SSSR count). The molecule has 0 radical (unpaired) electrons. The number of amides is 2. The summed E-state index contributed by atoms with van der Waals surface area (Å²) in [6.07, 6.45) is -3.61. The summed E-state index contributed by atoms with van der Waals surface area (Å²) < 4.78 is 76.8. The number of rotatable bonds is 7. The SMILES string of the molecule is O=C(NS(=O)(=O)CCC(F)(F)F)c1ccc(N2CCN(C(=O)c3ccc(-c4cncc(O)c4)c(F)c3)CC2)cc1. The number of halogens is 4. The molecular weight excluding hydrogens is 556 g/mol. The van der Waals surface area contributed by atoms with Crippen molar-refractivity contribution in [1.82, 2.24) is 14.6 Å². The van der Waals surface area contributed by atoms with E-state index in [9.17, 15) is 40.7 Å². The Bertz CT molecular complexity index is 1510. The quantitative estimate of drug-likeness (QED) is 0.410. The molecule has 2 N–H and O–H groups in total. The number of piperazine rings is 1. The second kappa shape index (κ2) is 11.5. The van der Waals surface area contributed by atoms with Crippen LogP contribution >= 0.6 is 0 Å². The van der Waals surface area contributed by atoms with Gasteiger partial charge in [-0.3, -0.25) is 14.6 Å². The molecule has 212 valence electrons. The van der Waals surface area contributed by atoms with Gasteiger partial charge in [0.05, 0.1) is 18.4 Å². The molecule has 0 bridgehead atoms. The fourth-order valence-corrected chi connectivity index (χ4v) is 5.14. The molecule has 40 heavy (non-hydrogen) atoms. The minimum absolute atomic E-state index is 0.0416. The third-order valence-corrected chi connectivity index (χ3v) is 7.45. The Hall–Kier alpha value is -4.20. The number of alkyl halides is 3. The molecule has 2 amide bonds. The van der Waals surface area contributed by atoms with Crippen LogP contribution in [0.1, 0.15) is 27.1 Å². The highest BCUT2D eigenvalue weighted by atomic mass is 32.2. The molecule has 3 aromatic rings. The van der Waals surface area contributed by atoms with E-state index in [-0.39, 0.29) is 28.3 Å². The molecule has 14 heteroatoms. The number of benzene rings is 2. The molecule has 0 aliphatic carbocycles. The molecule has 1 aliphatic heterocycles. The van der Waals surface area contributed by atoms with E-state index >= 15 is 0 Å². The summed E-state index contributed by atoms with van der Waals surface area (Å²) in [6.45, 7) is 1.52. The van der Waals surface area contributed by atoms with Crippen molar-refractivity contribution in [2.45, 2.75) is 12.6 Å². The summed E-state index contributed by atoms with van der Waals surface area (Å²) in [5.41, 5.74) is 1.39. The predicted molar refractivity (Wildman–Crippen MR) is 138 cm³/mol. The summed E-state index contributed by atoms with van der Waals surface area (Å²) >= 11 is 0. The number of anilines is 1. The lowest BCUT2D eigenvalue weighted by atomic mass is 10.0. The number of aromatic nitrogens is 1. The topological polar surface area (TPSA) is 120 Å². The number of carbonyl (C=O) groups excluding carboxylic acids is 2. The van der Waals surface area contributed by atoms with Crippen molar-refractivity contribution in [3.05, 3.63) is 77.9 Å². The van der Waals surface area contributed by atoms with E-state index in [2.05, 4.69) is 4.98 Å². The van der Waals surface area contributed by atoms with E-state index in [1.807, 2.05) is 4.90 Å². The second-order valence-corrected chi connectivity index (χ2v) is 10.9. The standard InChI is InChI=1S/C26H24F4N4O5S/c27-23-14-18(3-6-22(23)19-13-21(35)16-31-15-19)25(37)34-10-8-33(9-11-34)20-4-1-17(2-5-20)24(36)32-40(38,39)12-7-26(28,29)30/h1-6,13-16,35H,7-12H2,(H,32,36). The molecule has 2 heterocycles. The zero-order valence-corrected chi connectivity index (χ0v) is 21.7. The van der Waals surface area contributed by atoms with E-state index < -0.39 is 40.1 Å². The third-order valence-electron chi connectivity index (χ3n) is 6.21. The van der Waals surface area contributed by atoms with Crippen molar-refractivity contribution >= 4 is 27.5 Å². The maximum absolute atomic E-state index is 14.7. The molecule has 1 fully saturated rings. The fraction of sp³-hybridized carbons (Fsp3) is 0.269. The molecule has 2 aromatic carbocycles. The van der Waals surface area contributed by atoms with Gasteiger partial charge in [0.15, 0.2) is 0 Å². The summed E-state index contributed by atoms with van der Waals surface area (Å²) in [5.74, 6) is -3.38. The Labute approximate surface area is 227 Å². The Morgan fingerprint density at radius 3 is 2.20 bits per heavy atom. The van der Waals surface area contributed by atoms with Crippen LogP contribution in [0, 0.1) is 5.82 Å². The smallest absolute Gasteiger partial charge is 0.390 e. The minimum Gasteiger partial charge on any atom is -0.506 e. The molecule has 0 saturated carbocycles. The van der Waals surface area contributed by atoms with Crippen LogP contribution in [0.25, 0.3) is 11.1 Å². The minimum atomic E-state index is -4.67. The highest BCUT2D eigenvalue weighted by molar-refractivity contribution is 7.90. The summed E-state index contributed by atoms with van der Waals surface area (Å²) in [6, 6.07) is 11.3. The lowest BCUT2D eigenvalue weighted by Crippen LogP contribution is -2.48. The number of sulfonamides is 1. The number of nitrogens with zero attached hydrogens (tertiary/aromatic N) is 3. The van der Waals surface area contributed by atoms with Crippen molar-refractivity contribution in [3.63, 3.8) is 0 Å². The Kier molecular flexibility index (Phi) is 8.28. The number of hydrogen-bond acceptors (Lipinski definition) is 7. The lowest BCUT2D eigenvalue weighted by molar-refractivity contribution is -0.130. The van der Waals surface area contributed by atoms with E-state index in [0.717, 1.165) is 6.07 Å². The summed E-state index contributed by atoms with van der Waals surface area (Å²) in [5, 5.41) is 9.58. The number of nitrogens with one attached hydrogen (secondary N) is 1. The van der Waals surface area contributed by atoms with Gasteiger partial charge in [0.25, 0.3) is 11.8 Å². The number of pyridine rings is 1. The van der Waals surface area contributed by atoms with Crippen LogP contribution in [0.2, 0.25) is 0 Å². The molecule has 1 aliphatic rings. The maximum atomic E-state index is 14.7. The first-order chi connectivity index (χ1) is 18.8. The number of aromatic hydroxyl groups is 1. The maximum Gasteiger partial charge on any atom is 0.390 e. The van der Waals surface area contributed by atoms with Crippen molar-refractivity contribution in [1.29, 1.82) is 0 Å². The molecule has 9 nitrogen and oxygen atoms in total. The fourth-order valence-electron chi connectivity index (χ4n) is 4.13. The van der Waals surface area contributed by atoms with Crippen LogP contribution < -0.4 is 9.62 Å². The average Bonchev–Trinajstić information content (AvgIpc) is 2.91. The molecule has 1 aromatic heterocycles. The zero-order valence-electron chi connectivity index (χ0n) is 20.9. The monoisotopic (exact) mass is 580 g/mol. The first-order valence-corrected chi connectivity index (χ1v) is 13.7. The molecule has 0 unspecified atom stereocenters. The largest absolute Gasteiger partial charge is 0.506 e. The summed E-state index contributed by atoms with van der Waals surface area (Å²) in [7, 11) is -4.45. The molecule has 1 saturated heterocycles. The normalized spacial score (nSPS) is 14.2. The van der Waals surface area contributed by atoms with E-state index in [1.54, 1.807) is 21.8 Å². The van der Waals surface area contributed by atoms with Gasteiger partial charge in [0.1, 0.15) is 11.6 Å². The van der Waals surface area contributed by atoms with Gasteiger partial charge in [-0.2, -0.15) is 13.2 Å². The Morgan fingerprint density at radius 1 is 0.950 bits per heavy atom. The highest BCUT2D eigenvalue weighted by Crippen LogP contribution is 2.26. The lowest BCUT2D eigenvalue weighted by Gasteiger charge is -2.36. The van der Waals surface area contributed by atoms with Crippen molar-refractivity contribution < 1.29 is 40.7 Å².